The van der Waals surface area contributed by atoms with Gasteiger partial charge in [-0.05, 0) is 48.6 Å². The Labute approximate surface area is 115 Å². The summed E-state index contributed by atoms with van der Waals surface area (Å²) >= 11 is 0. The van der Waals surface area contributed by atoms with Crippen LogP contribution in [-0.2, 0) is 11.2 Å². The van der Waals surface area contributed by atoms with Crippen molar-refractivity contribution in [3.8, 4) is 0 Å². The minimum Gasteiger partial charge on any atom is -0.478 e. The van der Waals surface area contributed by atoms with E-state index in [0.29, 0.717) is 11.8 Å². The average molecular weight is 258 g/mol. The molecule has 0 bridgehead atoms. The first kappa shape index (κ1) is 13.9. The van der Waals surface area contributed by atoms with E-state index in [-0.39, 0.29) is 0 Å². The van der Waals surface area contributed by atoms with Crippen LogP contribution in [0.4, 0.5) is 0 Å². The molecule has 1 unspecified atom stereocenters. The number of allylic oxidation sites excluding steroid dienone is 1. The Balaban J connectivity index is 2.06. The summed E-state index contributed by atoms with van der Waals surface area (Å²) in [6.07, 6.45) is 5.57. The number of carbonyl (C=O) groups is 1. The fraction of sp³-hybridized carbons (Fsp3) is 0.471. The van der Waals surface area contributed by atoms with E-state index in [1.807, 2.05) is 0 Å². The molecule has 0 radical (unpaired) electrons. The highest BCUT2D eigenvalue weighted by Crippen LogP contribution is 2.33. The van der Waals surface area contributed by atoms with Crippen molar-refractivity contribution in [2.45, 2.75) is 45.4 Å². The van der Waals surface area contributed by atoms with E-state index in [0.717, 1.165) is 31.3 Å². The first-order chi connectivity index (χ1) is 9.06. The standard InChI is InChI=1S/C17H22O2/c1-12(2)14-8-6-13(7-9-14)10-15-4-3-5-16(15)11-17(18)19/h6-9,11-12,15H,3-5,10H2,1-2H3,(H,18,19)/b16-11+. The number of carboxylic acids is 1. The molecule has 0 spiro atoms. The van der Waals surface area contributed by atoms with Gasteiger partial charge >= 0.3 is 5.97 Å². The van der Waals surface area contributed by atoms with Crippen molar-refractivity contribution in [2.24, 2.45) is 5.92 Å². The van der Waals surface area contributed by atoms with Gasteiger partial charge in [0, 0.05) is 6.08 Å². The molecule has 1 fully saturated rings. The van der Waals surface area contributed by atoms with Crippen molar-refractivity contribution >= 4 is 5.97 Å². The minimum absolute atomic E-state index is 0.418. The lowest BCUT2D eigenvalue weighted by Crippen LogP contribution is -2.04. The molecule has 2 rings (SSSR count). The molecule has 1 saturated carbocycles. The maximum Gasteiger partial charge on any atom is 0.328 e. The van der Waals surface area contributed by atoms with Gasteiger partial charge in [-0.15, -0.1) is 0 Å². The molecule has 0 saturated heterocycles. The van der Waals surface area contributed by atoms with Crippen molar-refractivity contribution in [3.63, 3.8) is 0 Å². The van der Waals surface area contributed by atoms with Crippen molar-refractivity contribution in [1.29, 1.82) is 0 Å². The van der Waals surface area contributed by atoms with Crippen molar-refractivity contribution in [2.75, 3.05) is 0 Å². The molecule has 1 aromatic rings. The van der Waals surface area contributed by atoms with Gasteiger partial charge in [-0.3, -0.25) is 0 Å². The monoisotopic (exact) mass is 258 g/mol. The van der Waals surface area contributed by atoms with Crippen LogP contribution in [0.25, 0.3) is 0 Å². The zero-order valence-corrected chi connectivity index (χ0v) is 11.7. The third-order valence-corrected chi connectivity index (χ3v) is 3.98. The lowest BCUT2D eigenvalue weighted by Gasteiger charge is -2.13. The molecule has 1 aromatic carbocycles. The molecule has 0 aromatic heterocycles. The van der Waals surface area contributed by atoms with E-state index in [2.05, 4.69) is 38.1 Å². The zero-order chi connectivity index (χ0) is 13.8. The summed E-state index contributed by atoms with van der Waals surface area (Å²) < 4.78 is 0. The molecule has 1 N–H and O–H groups in total. The number of hydrogen-bond donors (Lipinski definition) is 1. The second-order valence-electron chi connectivity index (χ2n) is 5.75. The fourth-order valence-corrected chi connectivity index (χ4v) is 2.85. The summed E-state index contributed by atoms with van der Waals surface area (Å²) in [7, 11) is 0. The number of carboxylic acid groups (broad SMARTS) is 1. The van der Waals surface area contributed by atoms with Gasteiger partial charge in [0.1, 0.15) is 0 Å². The number of hydrogen-bond acceptors (Lipinski definition) is 1. The summed E-state index contributed by atoms with van der Waals surface area (Å²) in [5, 5.41) is 8.88. The van der Waals surface area contributed by atoms with Gasteiger partial charge in [0.15, 0.2) is 0 Å². The Morgan fingerprint density at radius 3 is 2.63 bits per heavy atom. The second-order valence-corrected chi connectivity index (χ2v) is 5.75. The van der Waals surface area contributed by atoms with Gasteiger partial charge in [-0.1, -0.05) is 43.7 Å². The van der Waals surface area contributed by atoms with E-state index < -0.39 is 5.97 Å². The molecule has 102 valence electrons. The molecular formula is C17H22O2. The third-order valence-electron chi connectivity index (χ3n) is 3.98. The molecule has 0 heterocycles. The van der Waals surface area contributed by atoms with Crippen LogP contribution in [0.5, 0.6) is 0 Å². The van der Waals surface area contributed by atoms with Gasteiger partial charge in [-0.25, -0.2) is 4.79 Å². The number of aliphatic carboxylic acids is 1. The highest BCUT2D eigenvalue weighted by molar-refractivity contribution is 5.80. The van der Waals surface area contributed by atoms with Gasteiger partial charge < -0.3 is 5.11 Å². The zero-order valence-electron chi connectivity index (χ0n) is 11.7. The molecular weight excluding hydrogens is 236 g/mol. The Bertz CT molecular complexity index is 469. The SMILES string of the molecule is CC(C)c1ccc(CC2CCC/C2=C\C(=O)O)cc1. The lowest BCUT2D eigenvalue weighted by molar-refractivity contribution is -0.131. The van der Waals surface area contributed by atoms with Crippen LogP contribution >= 0.6 is 0 Å². The predicted molar refractivity (Wildman–Crippen MR) is 77.3 cm³/mol. The lowest BCUT2D eigenvalue weighted by atomic mass is 9.92. The van der Waals surface area contributed by atoms with E-state index >= 15 is 0 Å². The first-order valence-corrected chi connectivity index (χ1v) is 7.08. The average Bonchev–Trinajstić information content (AvgIpc) is 2.76. The normalized spacial score (nSPS) is 21.2. The van der Waals surface area contributed by atoms with Crippen molar-refractivity contribution < 1.29 is 9.90 Å². The smallest absolute Gasteiger partial charge is 0.328 e. The molecule has 2 nitrogen and oxygen atoms in total. The van der Waals surface area contributed by atoms with E-state index in [9.17, 15) is 4.79 Å². The highest BCUT2D eigenvalue weighted by Gasteiger charge is 2.21. The summed E-state index contributed by atoms with van der Waals surface area (Å²) in [6.45, 7) is 4.39. The Morgan fingerprint density at radius 1 is 1.37 bits per heavy atom. The van der Waals surface area contributed by atoms with E-state index in [4.69, 9.17) is 5.11 Å². The van der Waals surface area contributed by atoms with Gasteiger partial charge in [0.25, 0.3) is 0 Å². The molecule has 2 heteroatoms. The van der Waals surface area contributed by atoms with Crippen molar-refractivity contribution in [3.05, 3.63) is 47.0 Å². The van der Waals surface area contributed by atoms with Gasteiger partial charge in [-0.2, -0.15) is 0 Å². The van der Waals surface area contributed by atoms with Crippen LogP contribution in [0, 0.1) is 5.92 Å². The topological polar surface area (TPSA) is 37.3 Å². The van der Waals surface area contributed by atoms with Crippen molar-refractivity contribution in [1.82, 2.24) is 0 Å². The largest absolute Gasteiger partial charge is 0.478 e. The molecule has 1 aliphatic rings. The van der Waals surface area contributed by atoms with Crippen LogP contribution in [0.15, 0.2) is 35.9 Å². The van der Waals surface area contributed by atoms with Gasteiger partial charge in [0.2, 0.25) is 0 Å². The van der Waals surface area contributed by atoms with E-state index in [1.54, 1.807) is 0 Å². The maximum absolute atomic E-state index is 10.8. The summed E-state index contributed by atoms with van der Waals surface area (Å²) in [6, 6.07) is 8.75. The molecule has 1 aliphatic carbocycles. The first-order valence-electron chi connectivity index (χ1n) is 7.08. The number of rotatable bonds is 4. The summed E-state index contributed by atoms with van der Waals surface area (Å²) in [4.78, 5) is 10.8. The molecule has 0 aliphatic heterocycles. The van der Waals surface area contributed by atoms with Gasteiger partial charge in [0.05, 0.1) is 0 Å². The van der Waals surface area contributed by atoms with Crippen LogP contribution < -0.4 is 0 Å². The Kier molecular flexibility index (Phi) is 4.41. The minimum atomic E-state index is -0.808. The van der Waals surface area contributed by atoms with Crippen LogP contribution in [-0.4, -0.2) is 11.1 Å². The molecule has 0 amide bonds. The molecule has 19 heavy (non-hydrogen) atoms. The summed E-state index contributed by atoms with van der Waals surface area (Å²) in [5.41, 5.74) is 3.78. The van der Waals surface area contributed by atoms with Crippen LogP contribution in [0.1, 0.15) is 50.2 Å². The highest BCUT2D eigenvalue weighted by atomic mass is 16.4. The second kappa shape index (κ2) is 6.05. The quantitative estimate of drug-likeness (QED) is 0.823. The predicted octanol–water partition coefficient (Wildman–Crippen LogP) is 4.16. The Morgan fingerprint density at radius 2 is 2.05 bits per heavy atom. The third kappa shape index (κ3) is 3.69. The summed E-state index contributed by atoms with van der Waals surface area (Å²) in [5.74, 6) is 0.168. The van der Waals surface area contributed by atoms with E-state index in [1.165, 1.54) is 17.2 Å². The number of benzene rings is 1. The Hall–Kier alpha value is -1.57. The fourth-order valence-electron chi connectivity index (χ4n) is 2.85. The van der Waals surface area contributed by atoms with Crippen LogP contribution in [0.2, 0.25) is 0 Å². The maximum atomic E-state index is 10.8. The molecule has 1 atom stereocenters. The van der Waals surface area contributed by atoms with Crippen LogP contribution in [0.3, 0.4) is 0 Å².